The molecule has 1 atom stereocenters. The highest BCUT2D eigenvalue weighted by molar-refractivity contribution is 6.36. The van der Waals surface area contributed by atoms with Crippen LogP contribution in [0.5, 0.6) is 0 Å². The van der Waals surface area contributed by atoms with Gasteiger partial charge in [-0.05, 0) is 33.2 Å². The third-order valence-electron chi connectivity index (χ3n) is 2.29. The van der Waals surface area contributed by atoms with Crippen molar-refractivity contribution >= 4 is 23.2 Å². The summed E-state index contributed by atoms with van der Waals surface area (Å²) in [6.07, 6.45) is 0. The predicted octanol–water partition coefficient (Wildman–Crippen LogP) is 1.60. The highest BCUT2D eigenvalue weighted by atomic mass is 35.5. The van der Waals surface area contributed by atoms with Gasteiger partial charge < -0.3 is 16.0 Å². The molecule has 0 spiro atoms. The van der Waals surface area contributed by atoms with Crippen molar-refractivity contribution in [1.29, 1.82) is 0 Å². The average Bonchev–Trinajstić information content (AvgIpc) is 2.20. The molecule has 0 saturated heterocycles. The van der Waals surface area contributed by atoms with E-state index in [1.807, 2.05) is 25.9 Å². The largest absolute Gasteiger partial charge is 0.398 e. The van der Waals surface area contributed by atoms with E-state index in [-0.39, 0.29) is 11.9 Å². The number of nitrogen functional groups attached to an aromatic ring is 1. The predicted molar refractivity (Wildman–Crippen MR) is 71.3 cm³/mol. The van der Waals surface area contributed by atoms with Crippen LogP contribution in [0.3, 0.4) is 0 Å². The standard InChI is InChI=1S/C12H18ClN3O/c1-8(7-16(2)3)15-12(17)9-5-4-6-10(14)11(9)13/h4-6,8H,7,14H2,1-3H3,(H,15,17). The number of rotatable bonds is 4. The molecule has 1 rings (SSSR count). The topological polar surface area (TPSA) is 58.4 Å². The lowest BCUT2D eigenvalue weighted by atomic mass is 10.1. The van der Waals surface area contributed by atoms with Gasteiger partial charge in [-0.3, -0.25) is 4.79 Å². The second-order valence-corrected chi connectivity index (χ2v) is 4.72. The average molecular weight is 256 g/mol. The number of halogens is 1. The van der Waals surface area contributed by atoms with Crippen LogP contribution in [0.1, 0.15) is 17.3 Å². The summed E-state index contributed by atoms with van der Waals surface area (Å²) >= 11 is 5.98. The smallest absolute Gasteiger partial charge is 0.253 e. The molecule has 4 nitrogen and oxygen atoms in total. The molecular formula is C12H18ClN3O. The van der Waals surface area contributed by atoms with Crippen LogP contribution in [0, 0.1) is 0 Å². The van der Waals surface area contributed by atoms with Gasteiger partial charge in [-0.25, -0.2) is 0 Å². The van der Waals surface area contributed by atoms with Gasteiger partial charge in [-0.15, -0.1) is 0 Å². The second kappa shape index (κ2) is 5.89. The third-order valence-corrected chi connectivity index (χ3v) is 2.71. The van der Waals surface area contributed by atoms with E-state index >= 15 is 0 Å². The Bertz CT molecular complexity index is 407. The lowest BCUT2D eigenvalue weighted by Crippen LogP contribution is -2.39. The van der Waals surface area contributed by atoms with Crippen LogP contribution >= 0.6 is 11.6 Å². The van der Waals surface area contributed by atoms with Gasteiger partial charge in [0.05, 0.1) is 16.3 Å². The van der Waals surface area contributed by atoms with Crippen LogP contribution in [0.4, 0.5) is 5.69 Å². The first-order valence-electron chi connectivity index (χ1n) is 5.41. The molecule has 1 aromatic carbocycles. The van der Waals surface area contributed by atoms with Crippen LogP contribution in [0.2, 0.25) is 5.02 Å². The minimum atomic E-state index is -0.198. The Morgan fingerprint density at radius 1 is 1.53 bits per heavy atom. The zero-order valence-electron chi connectivity index (χ0n) is 10.3. The summed E-state index contributed by atoms with van der Waals surface area (Å²) in [4.78, 5) is 13.9. The van der Waals surface area contributed by atoms with E-state index in [1.54, 1.807) is 18.2 Å². The maximum atomic E-state index is 11.9. The van der Waals surface area contributed by atoms with Crippen molar-refractivity contribution in [3.63, 3.8) is 0 Å². The molecular weight excluding hydrogens is 238 g/mol. The first-order valence-corrected chi connectivity index (χ1v) is 5.79. The number of carbonyl (C=O) groups is 1. The molecule has 1 unspecified atom stereocenters. The molecule has 0 radical (unpaired) electrons. The van der Waals surface area contributed by atoms with Gasteiger partial charge in [0.1, 0.15) is 0 Å². The second-order valence-electron chi connectivity index (χ2n) is 4.35. The Labute approximate surface area is 107 Å². The molecule has 0 heterocycles. The summed E-state index contributed by atoms with van der Waals surface area (Å²) in [7, 11) is 3.91. The fraction of sp³-hybridized carbons (Fsp3) is 0.417. The van der Waals surface area contributed by atoms with E-state index in [9.17, 15) is 4.79 Å². The quantitative estimate of drug-likeness (QED) is 0.804. The van der Waals surface area contributed by atoms with Gasteiger partial charge in [0.15, 0.2) is 0 Å². The molecule has 5 heteroatoms. The molecule has 3 N–H and O–H groups in total. The lowest BCUT2D eigenvalue weighted by molar-refractivity contribution is 0.0934. The number of hydrogen-bond donors (Lipinski definition) is 2. The molecule has 1 amide bonds. The summed E-state index contributed by atoms with van der Waals surface area (Å²) in [6.45, 7) is 2.71. The summed E-state index contributed by atoms with van der Waals surface area (Å²) in [6, 6.07) is 5.10. The van der Waals surface area contributed by atoms with Gasteiger partial charge in [0.25, 0.3) is 5.91 Å². The van der Waals surface area contributed by atoms with Crippen LogP contribution in [-0.4, -0.2) is 37.5 Å². The van der Waals surface area contributed by atoms with Crippen LogP contribution in [0.15, 0.2) is 18.2 Å². The fourth-order valence-corrected chi connectivity index (χ4v) is 1.83. The fourth-order valence-electron chi connectivity index (χ4n) is 1.62. The summed E-state index contributed by atoms with van der Waals surface area (Å²) in [5.41, 5.74) is 6.48. The van der Waals surface area contributed by atoms with Gasteiger partial charge >= 0.3 is 0 Å². The molecule has 0 saturated carbocycles. The van der Waals surface area contributed by atoms with Crippen LogP contribution in [-0.2, 0) is 0 Å². The van der Waals surface area contributed by atoms with Crippen molar-refractivity contribution in [3.05, 3.63) is 28.8 Å². The van der Waals surface area contributed by atoms with E-state index in [4.69, 9.17) is 17.3 Å². The molecule has 0 aromatic heterocycles. The molecule has 0 bridgehead atoms. The maximum Gasteiger partial charge on any atom is 0.253 e. The third kappa shape index (κ3) is 3.91. The summed E-state index contributed by atoms with van der Waals surface area (Å²) in [5, 5.41) is 3.18. The van der Waals surface area contributed by atoms with E-state index < -0.39 is 0 Å². The van der Waals surface area contributed by atoms with Crippen LogP contribution in [0.25, 0.3) is 0 Å². The minimum absolute atomic E-state index is 0.0509. The van der Waals surface area contributed by atoms with Gasteiger partial charge in [-0.2, -0.15) is 0 Å². The minimum Gasteiger partial charge on any atom is -0.398 e. The van der Waals surface area contributed by atoms with Crippen molar-refractivity contribution in [3.8, 4) is 0 Å². The van der Waals surface area contributed by atoms with Gasteiger partial charge in [0.2, 0.25) is 0 Å². The molecule has 94 valence electrons. The number of carbonyl (C=O) groups excluding carboxylic acids is 1. The van der Waals surface area contributed by atoms with Gasteiger partial charge in [0, 0.05) is 12.6 Å². The number of likely N-dealkylation sites (N-methyl/N-ethyl adjacent to an activating group) is 1. The molecule has 0 fully saturated rings. The molecule has 0 aliphatic carbocycles. The summed E-state index contributed by atoms with van der Waals surface area (Å²) < 4.78 is 0. The van der Waals surface area contributed by atoms with Crippen molar-refractivity contribution in [2.45, 2.75) is 13.0 Å². The number of nitrogens with zero attached hydrogens (tertiary/aromatic N) is 1. The van der Waals surface area contributed by atoms with E-state index in [2.05, 4.69) is 5.32 Å². The van der Waals surface area contributed by atoms with Crippen molar-refractivity contribution < 1.29 is 4.79 Å². The van der Waals surface area contributed by atoms with E-state index in [0.717, 1.165) is 6.54 Å². The number of nitrogens with two attached hydrogens (primary N) is 1. The number of hydrogen-bond acceptors (Lipinski definition) is 3. The monoisotopic (exact) mass is 255 g/mol. The Hall–Kier alpha value is -1.26. The lowest BCUT2D eigenvalue weighted by Gasteiger charge is -2.18. The number of amides is 1. The summed E-state index contributed by atoms with van der Waals surface area (Å²) in [5.74, 6) is -0.198. The SMILES string of the molecule is CC(CN(C)C)NC(=O)c1cccc(N)c1Cl. The van der Waals surface area contributed by atoms with E-state index in [1.165, 1.54) is 0 Å². The molecule has 1 aromatic rings. The number of benzene rings is 1. The van der Waals surface area contributed by atoms with Crippen molar-refractivity contribution in [2.75, 3.05) is 26.4 Å². The first kappa shape index (κ1) is 13.8. The van der Waals surface area contributed by atoms with E-state index in [0.29, 0.717) is 16.3 Å². The molecule has 17 heavy (non-hydrogen) atoms. The molecule has 0 aliphatic heterocycles. The Morgan fingerprint density at radius 3 is 2.76 bits per heavy atom. The number of nitrogens with one attached hydrogen (secondary N) is 1. The highest BCUT2D eigenvalue weighted by Gasteiger charge is 2.14. The maximum absolute atomic E-state index is 11.9. The van der Waals surface area contributed by atoms with Crippen LogP contribution < -0.4 is 11.1 Å². The normalized spacial score (nSPS) is 12.5. The van der Waals surface area contributed by atoms with Gasteiger partial charge in [-0.1, -0.05) is 17.7 Å². The van der Waals surface area contributed by atoms with Crippen molar-refractivity contribution in [1.82, 2.24) is 10.2 Å². The Kier molecular flexibility index (Phi) is 4.78. The first-order chi connectivity index (χ1) is 7.91. The molecule has 0 aliphatic rings. The zero-order valence-corrected chi connectivity index (χ0v) is 11.1. The Balaban J connectivity index is 2.73. The van der Waals surface area contributed by atoms with Crippen molar-refractivity contribution in [2.24, 2.45) is 0 Å². The number of anilines is 1. The Morgan fingerprint density at radius 2 is 2.18 bits per heavy atom. The zero-order chi connectivity index (χ0) is 13.0. The highest BCUT2D eigenvalue weighted by Crippen LogP contribution is 2.22.